The molecule has 2 heteroatoms. The van der Waals surface area contributed by atoms with Crippen LogP contribution in [0.15, 0.2) is 42.5 Å². The van der Waals surface area contributed by atoms with E-state index in [2.05, 4.69) is 23.2 Å². The Morgan fingerprint density at radius 2 is 1.71 bits per heavy atom. The van der Waals surface area contributed by atoms with Gasteiger partial charge in [0, 0.05) is 16.6 Å². The minimum absolute atomic E-state index is 0.180. The Bertz CT molecular complexity index is 800. The summed E-state index contributed by atoms with van der Waals surface area (Å²) in [7, 11) is 0. The van der Waals surface area contributed by atoms with E-state index >= 15 is 0 Å². The van der Waals surface area contributed by atoms with Gasteiger partial charge in [0.15, 0.2) is 0 Å². The van der Waals surface area contributed by atoms with Gasteiger partial charge >= 0.3 is 0 Å². The van der Waals surface area contributed by atoms with E-state index in [0.717, 1.165) is 24.0 Å². The van der Waals surface area contributed by atoms with Crippen molar-refractivity contribution in [3.05, 3.63) is 59.5 Å². The van der Waals surface area contributed by atoms with E-state index in [1.54, 1.807) is 12.1 Å². The Morgan fingerprint density at radius 1 is 0.857 bits per heavy atom. The lowest BCUT2D eigenvalue weighted by Gasteiger charge is -2.04. The monoisotopic (exact) mass is 279 g/mol. The first kappa shape index (κ1) is 12.6. The molecule has 0 radical (unpaired) electrons. The van der Waals surface area contributed by atoms with Gasteiger partial charge in [-0.15, -0.1) is 0 Å². The van der Waals surface area contributed by atoms with Crippen molar-refractivity contribution >= 4 is 10.9 Å². The van der Waals surface area contributed by atoms with Crippen LogP contribution in [0.25, 0.3) is 22.0 Å². The smallest absolute Gasteiger partial charge is 0.123 e. The largest absolute Gasteiger partial charge is 0.358 e. The van der Waals surface area contributed by atoms with Gasteiger partial charge in [-0.25, -0.2) is 4.39 Å². The molecule has 2 aromatic carbocycles. The van der Waals surface area contributed by atoms with Gasteiger partial charge in [-0.1, -0.05) is 24.6 Å². The SMILES string of the molecule is Fc1cccc(-c2ccc3[nH]c4c(c3c2)CCCCC4)c1. The fraction of sp³-hybridized carbons (Fsp3) is 0.263. The van der Waals surface area contributed by atoms with Gasteiger partial charge in [0.1, 0.15) is 5.82 Å². The molecule has 1 nitrogen and oxygen atoms in total. The Labute approximate surface area is 123 Å². The molecule has 4 rings (SSSR count). The zero-order valence-corrected chi connectivity index (χ0v) is 12.0. The van der Waals surface area contributed by atoms with Crippen LogP contribution < -0.4 is 0 Å². The molecule has 1 aliphatic carbocycles. The number of H-pyrrole nitrogens is 1. The Balaban J connectivity index is 1.87. The maximum atomic E-state index is 13.4. The quantitative estimate of drug-likeness (QED) is 0.586. The number of aromatic nitrogens is 1. The van der Waals surface area contributed by atoms with Crippen LogP contribution in [0.3, 0.4) is 0 Å². The number of hydrogen-bond donors (Lipinski definition) is 1. The molecule has 0 amide bonds. The standard InChI is InChI=1S/C19H18FN/c20-15-6-4-5-13(11-15)14-9-10-19-17(12-14)16-7-2-1-3-8-18(16)21-19/h4-6,9-12,21H,1-3,7-8H2. The first-order chi connectivity index (χ1) is 10.3. The van der Waals surface area contributed by atoms with Crippen molar-refractivity contribution in [3.63, 3.8) is 0 Å². The molecule has 1 heterocycles. The van der Waals surface area contributed by atoms with Gasteiger partial charge in [-0.05, 0) is 66.6 Å². The van der Waals surface area contributed by atoms with Crippen molar-refractivity contribution in [2.24, 2.45) is 0 Å². The van der Waals surface area contributed by atoms with Crippen LogP contribution in [-0.4, -0.2) is 4.98 Å². The number of fused-ring (bicyclic) bond motifs is 3. The summed E-state index contributed by atoms with van der Waals surface area (Å²) < 4.78 is 13.4. The summed E-state index contributed by atoms with van der Waals surface area (Å²) in [5, 5.41) is 1.31. The van der Waals surface area contributed by atoms with Crippen molar-refractivity contribution in [3.8, 4) is 11.1 Å². The van der Waals surface area contributed by atoms with Crippen LogP contribution in [0.4, 0.5) is 4.39 Å². The summed E-state index contributed by atoms with van der Waals surface area (Å²) in [5.74, 6) is -0.180. The van der Waals surface area contributed by atoms with Gasteiger partial charge < -0.3 is 4.98 Å². The summed E-state index contributed by atoms with van der Waals surface area (Å²) in [4.78, 5) is 3.57. The molecule has 0 fully saturated rings. The molecule has 1 aromatic heterocycles. The lowest BCUT2D eigenvalue weighted by Crippen LogP contribution is -1.86. The molecule has 0 bridgehead atoms. The zero-order valence-electron chi connectivity index (χ0n) is 12.0. The number of benzene rings is 2. The van der Waals surface area contributed by atoms with E-state index in [1.165, 1.54) is 47.5 Å². The molecule has 0 saturated heterocycles. The zero-order chi connectivity index (χ0) is 14.2. The number of hydrogen-bond acceptors (Lipinski definition) is 0. The van der Waals surface area contributed by atoms with Crippen molar-refractivity contribution in [1.82, 2.24) is 4.98 Å². The molecule has 1 aliphatic rings. The minimum atomic E-state index is -0.180. The molecule has 1 N–H and O–H groups in total. The summed E-state index contributed by atoms with van der Waals surface area (Å²) >= 11 is 0. The van der Waals surface area contributed by atoms with Crippen LogP contribution in [0, 0.1) is 5.82 Å². The molecule has 106 valence electrons. The highest BCUT2D eigenvalue weighted by Gasteiger charge is 2.14. The summed E-state index contributed by atoms with van der Waals surface area (Å²) in [6.45, 7) is 0. The molecule has 0 saturated carbocycles. The number of halogens is 1. The van der Waals surface area contributed by atoms with Gasteiger partial charge in [-0.3, -0.25) is 0 Å². The van der Waals surface area contributed by atoms with Gasteiger partial charge in [0.25, 0.3) is 0 Å². The topological polar surface area (TPSA) is 15.8 Å². The summed E-state index contributed by atoms with van der Waals surface area (Å²) in [6, 6.07) is 13.3. The fourth-order valence-corrected chi connectivity index (χ4v) is 3.43. The molecule has 0 aliphatic heterocycles. The van der Waals surface area contributed by atoms with E-state index in [1.807, 2.05) is 6.07 Å². The fourth-order valence-electron chi connectivity index (χ4n) is 3.43. The number of aryl methyl sites for hydroxylation is 2. The van der Waals surface area contributed by atoms with Crippen LogP contribution in [0.2, 0.25) is 0 Å². The highest BCUT2D eigenvalue weighted by atomic mass is 19.1. The predicted octanol–water partition coefficient (Wildman–Crippen LogP) is 5.24. The molecular formula is C19H18FN. The van der Waals surface area contributed by atoms with Crippen LogP contribution >= 0.6 is 0 Å². The molecular weight excluding hydrogens is 261 g/mol. The van der Waals surface area contributed by atoms with E-state index in [-0.39, 0.29) is 5.82 Å². The summed E-state index contributed by atoms with van der Waals surface area (Å²) in [6.07, 6.45) is 6.16. The van der Waals surface area contributed by atoms with Crippen LogP contribution in [0.1, 0.15) is 30.5 Å². The number of rotatable bonds is 1. The predicted molar refractivity (Wildman–Crippen MR) is 85.0 cm³/mol. The Morgan fingerprint density at radius 3 is 2.62 bits per heavy atom. The van der Waals surface area contributed by atoms with E-state index in [9.17, 15) is 4.39 Å². The average molecular weight is 279 g/mol. The number of aromatic amines is 1. The van der Waals surface area contributed by atoms with E-state index in [4.69, 9.17) is 0 Å². The van der Waals surface area contributed by atoms with Gasteiger partial charge in [0.05, 0.1) is 0 Å². The molecule has 0 spiro atoms. The van der Waals surface area contributed by atoms with Gasteiger partial charge in [0.2, 0.25) is 0 Å². The third kappa shape index (κ3) is 2.25. The normalized spacial score (nSPS) is 14.9. The second-order valence-electron chi connectivity index (χ2n) is 5.91. The maximum absolute atomic E-state index is 13.4. The molecule has 0 atom stereocenters. The summed E-state index contributed by atoms with van der Waals surface area (Å²) in [5.41, 5.74) is 6.12. The second kappa shape index (κ2) is 5.03. The first-order valence-electron chi connectivity index (χ1n) is 7.71. The molecule has 0 unspecified atom stereocenters. The van der Waals surface area contributed by atoms with E-state index < -0.39 is 0 Å². The minimum Gasteiger partial charge on any atom is -0.358 e. The lowest BCUT2D eigenvalue weighted by molar-refractivity contribution is 0.628. The van der Waals surface area contributed by atoms with Crippen molar-refractivity contribution in [1.29, 1.82) is 0 Å². The average Bonchev–Trinajstić information content (AvgIpc) is 2.67. The Hall–Kier alpha value is -2.09. The highest BCUT2D eigenvalue weighted by molar-refractivity contribution is 5.89. The molecule has 3 aromatic rings. The van der Waals surface area contributed by atoms with Gasteiger partial charge in [-0.2, -0.15) is 0 Å². The van der Waals surface area contributed by atoms with Crippen molar-refractivity contribution in [2.45, 2.75) is 32.1 Å². The second-order valence-corrected chi connectivity index (χ2v) is 5.91. The lowest BCUT2D eigenvalue weighted by atomic mass is 10.0. The maximum Gasteiger partial charge on any atom is 0.123 e. The number of nitrogens with one attached hydrogen (secondary N) is 1. The Kier molecular flexibility index (Phi) is 3.03. The third-order valence-electron chi connectivity index (χ3n) is 4.51. The van der Waals surface area contributed by atoms with Crippen molar-refractivity contribution in [2.75, 3.05) is 0 Å². The first-order valence-corrected chi connectivity index (χ1v) is 7.71. The van der Waals surface area contributed by atoms with Crippen LogP contribution in [0.5, 0.6) is 0 Å². The highest BCUT2D eigenvalue weighted by Crippen LogP contribution is 2.31. The van der Waals surface area contributed by atoms with Crippen molar-refractivity contribution < 1.29 is 4.39 Å². The third-order valence-corrected chi connectivity index (χ3v) is 4.51. The molecule has 21 heavy (non-hydrogen) atoms. The van der Waals surface area contributed by atoms with Crippen LogP contribution in [-0.2, 0) is 12.8 Å². The van der Waals surface area contributed by atoms with E-state index in [0.29, 0.717) is 0 Å².